The first kappa shape index (κ1) is 13.0. The second-order valence-electron chi connectivity index (χ2n) is 3.82. The number of allylic oxidation sites excluding steroid dienone is 1. The summed E-state index contributed by atoms with van der Waals surface area (Å²) in [5.41, 5.74) is 0.387. The van der Waals surface area contributed by atoms with Crippen LogP contribution < -0.4 is 0 Å². The van der Waals surface area contributed by atoms with Gasteiger partial charge < -0.3 is 14.6 Å². The van der Waals surface area contributed by atoms with Gasteiger partial charge in [0.25, 0.3) is 0 Å². The lowest BCUT2D eigenvalue weighted by atomic mass is 10.2. The van der Waals surface area contributed by atoms with Crippen LogP contribution in [0.2, 0.25) is 0 Å². The Hall–Kier alpha value is -2.40. The topological polar surface area (TPSA) is 72.8 Å². The Morgan fingerprint density at radius 1 is 1.32 bits per heavy atom. The van der Waals surface area contributed by atoms with Crippen LogP contribution in [-0.2, 0) is 14.3 Å². The number of rotatable bonds is 4. The van der Waals surface area contributed by atoms with E-state index in [9.17, 15) is 9.59 Å². The summed E-state index contributed by atoms with van der Waals surface area (Å²) in [5, 5.41) is 9.16. The van der Waals surface area contributed by atoms with Crippen molar-refractivity contribution in [2.45, 2.75) is 6.10 Å². The van der Waals surface area contributed by atoms with Gasteiger partial charge in [-0.15, -0.1) is 0 Å². The number of aliphatic hydroxyl groups excluding tert-OH is 1. The van der Waals surface area contributed by atoms with Gasteiger partial charge in [0.2, 0.25) is 0 Å². The summed E-state index contributed by atoms with van der Waals surface area (Å²) in [7, 11) is 0. The summed E-state index contributed by atoms with van der Waals surface area (Å²) in [4.78, 5) is 22.6. The number of esters is 2. The molecule has 5 nitrogen and oxygen atoms in total. The fraction of sp³-hybridized carbons (Fsp3) is 0.143. The predicted octanol–water partition coefficient (Wildman–Crippen LogP) is 1.20. The van der Waals surface area contributed by atoms with Crippen LogP contribution in [0.1, 0.15) is 10.4 Å². The normalized spacial score (nSPS) is 17.3. The number of carbonyl (C=O) groups is 2. The molecule has 1 aromatic carbocycles. The molecular formula is C14H12O5. The minimum absolute atomic E-state index is 0.255. The molecule has 1 aliphatic rings. The lowest BCUT2D eigenvalue weighted by molar-refractivity contribution is -0.132. The average Bonchev–Trinajstić information content (AvgIpc) is 2.84. The SMILES string of the molecule is O=C1C=C/C(=C\[C@H](CO)OC(=O)c2ccccc2)O1. The Labute approximate surface area is 109 Å². The van der Waals surface area contributed by atoms with Crippen molar-refractivity contribution in [2.75, 3.05) is 6.61 Å². The van der Waals surface area contributed by atoms with Crippen molar-refractivity contribution in [3.05, 3.63) is 59.9 Å². The van der Waals surface area contributed by atoms with E-state index in [2.05, 4.69) is 0 Å². The fourth-order valence-electron chi connectivity index (χ4n) is 1.51. The first-order valence-electron chi connectivity index (χ1n) is 5.67. The predicted molar refractivity (Wildman–Crippen MR) is 66.0 cm³/mol. The van der Waals surface area contributed by atoms with E-state index in [0.717, 1.165) is 0 Å². The molecular weight excluding hydrogens is 248 g/mol. The Morgan fingerprint density at radius 2 is 2.05 bits per heavy atom. The van der Waals surface area contributed by atoms with E-state index in [4.69, 9.17) is 14.6 Å². The highest BCUT2D eigenvalue weighted by atomic mass is 16.6. The van der Waals surface area contributed by atoms with E-state index >= 15 is 0 Å². The van der Waals surface area contributed by atoms with Crippen LogP contribution in [0.15, 0.2) is 54.3 Å². The molecule has 0 saturated carbocycles. The minimum atomic E-state index is -0.863. The van der Waals surface area contributed by atoms with Crippen molar-refractivity contribution < 1.29 is 24.2 Å². The molecule has 1 atom stereocenters. The molecule has 0 unspecified atom stereocenters. The van der Waals surface area contributed by atoms with E-state index in [0.29, 0.717) is 5.56 Å². The number of benzene rings is 1. The van der Waals surface area contributed by atoms with Crippen LogP contribution in [-0.4, -0.2) is 29.8 Å². The molecule has 0 fully saturated rings. The highest BCUT2D eigenvalue weighted by Gasteiger charge is 2.16. The van der Waals surface area contributed by atoms with Gasteiger partial charge >= 0.3 is 11.9 Å². The minimum Gasteiger partial charge on any atom is -0.452 e. The molecule has 5 heteroatoms. The third kappa shape index (κ3) is 3.53. The zero-order valence-electron chi connectivity index (χ0n) is 9.98. The highest BCUT2D eigenvalue weighted by Crippen LogP contribution is 2.12. The molecule has 1 heterocycles. The Bertz CT molecular complexity index is 530. The van der Waals surface area contributed by atoms with Gasteiger partial charge in [0.1, 0.15) is 11.9 Å². The van der Waals surface area contributed by atoms with Crippen LogP contribution in [0.4, 0.5) is 0 Å². The van der Waals surface area contributed by atoms with E-state index in [1.165, 1.54) is 18.2 Å². The summed E-state index contributed by atoms with van der Waals surface area (Å²) in [6.45, 7) is -0.395. The van der Waals surface area contributed by atoms with Crippen LogP contribution >= 0.6 is 0 Å². The lowest BCUT2D eigenvalue weighted by Crippen LogP contribution is -2.20. The maximum absolute atomic E-state index is 11.8. The first-order valence-corrected chi connectivity index (χ1v) is 5.67. The molecule has 1 aromatic rings. The average molecular weight is 260 g/mol. The van der Waals surface area contributed by atoms with Crippen molar-refractivity contribution >= 4 is 11.9 Å². The largest absolute Gasteiger partial charge is 0.452 e. The fourth-order valence-corrected chi connectivity index (χ4v) is 1.51. The first-order chi connectivity index (χ1) is 9.19. The quantitative estimate of drug-likeness (QED) is 0.823. The van der Waals surface area contributed by atoms with Crippen molar-refractivity contribution in [3.63, 3.8) is 0 Å². The van der Waals surface area contributed by atoms with Gasteiger partial charge in [-0.05, 0) is 18.2 Å². The maximum Gasteiger partial charge on any atom is 0.338 e. The molecule has 1 N–H and O–H groups in total. The zero-order chi connectivity index (χ0) is 13.7. The molecule has 0 aliphatic carbocycles. The second-order valence-corrected chi connectivity index (χ2v) is 3.82. The third-order valence-electron chi connectivity index (χ3n) is 2.40. The van der Waals surface area contributed by atoms with Crippen molar-refractivity contribution in [2.24, 2.45) is 0 Å². The van der Waals surface area contributed by atoms with Gasteiger partial charge in [0.05, 0.1) is 12.2 Å². The van der Waals surface area contributed by atoms with Gasteiger partial charge in [0, 0.05) is 12.2 Å². The monoisotopic (exact) mass is 260 g/mol. The summed E-state index contributed by atoms with van der Waals surface area (Å²) in [6.07, 6.45) is 3.21. The summed E-state index contributed by atoms with van der Waals surface area (Å²) >= 11 is 0. The van der Waals surface area contributed by atoms with Gasteiger partial charge in [-0.2, -0.15) is 0 Å². The number of cyclic esters (lactones) is 1. The number of hydrogen-bond acceptors (Lipinski definition) is 5. The smallest absolute Gasteiger partial charge is 0.338 e. The van der Waals surface area contributed by atoms with Gasteiger partial charge in [0.15, 0.2) is 0 Å². The molecule has 0 saturated heterocycles. The molecule has 1 aliphatic heterocycles. The molecule has 0 amide bonds. The van der Waals surface area contributed by atoms with Crippen LogP contribution in [0, 0.1) is 0 Å². The lowest BCUT2D eigenvalue weighted by Gasteiger charge is -2.12. The molecule has 98 valence electrons. The summed E-state index contributed by atoms with van der Waals surface area (Å²) in [5.74, 6) is -0.785. The molecule has 0 radical (unpaired) electrons. The van der Waals surface area contributed by atoms with Crippen molar-refractivity contribution in [1.82, 2.24) is 0 Å². The van der Waals surface area contributed by atoms with Crippen LogP contribution in [0.5, 0.6) is 0 Å². The van der Waals surface area contributed by atoms with Gasteiger partial charge in [-0.1, -0.05) is 18.2 Å². The second kappa shape index (κ2) is 5.97. The van der Waals surface area contributed by atoms with Gasteiger partial charge in [-0.3, -0.25) is 0 Å². The Balaban J connectivity index is 2.02. The van der Waals surface area contributed by atoms with Crippen LogP contribution in [0.25, 0.3) is 0 Å². The summed E-state index contributed by atoms with van der Waals surface area (Å²) < 4.78 is 9.88. The molecule has 19 heavy (non-hydrogen) atoms. The molecule has 0 bridgehead atoms. The zero-order valence-corrected chi connectivity index (χ0v) is 9.98. The number of aliphatic hydroxyl groups is 1. The number of ether oxygens (including phenoxy) is 2. The van der Waals surface area contributed by atoms with E-state index in [1.807, 2.05) is 0 Å². The maximum atomic E-state index is 11.8. The van der Waals surface area contributed by atoms with Crippen molar-refractivity contribution in [1.29, 1.82) is 0 Å². The number of carbonyl (C=O) groups excluding carboxylic acids is 2. The Morgan fingerprint density at radius 3 is 2.63 bits per heavy atom. The van der Waals surface area contributed by atoms with E-state index in [1.54, 1.807) is 30.3 Å². The Kier molecular flexibility index (Phi) is 4.10. The van der Waals surface area contributed by atoms with E-state index < -0.39 is 24.6 Å². The van der Waals surface area contributed by atoms with E-state index in [-0.39, 0.29) is 5.76 Å². The third-order valence-corrected chi connectivity index (χ3v) is 2.40. The van der Waals surface area contributed by atoms with Crippen molar-refractivity contribution in [3.8, 4) is 0 Å². The van der Waals surface area contributed by atoms with Gasteiger partial charge in [-0.25, -0.2) is 9.59 Å². The number of hydrogen-bond donors (Lipinski definition) is 1. The summed E-state index contributed by atoms with van der Waals surface area (Å²) in [6, 6.07) is 8.43. The molecule has 0 aromatic heterocycles. The molecule has 0 spiro atoms. The van der Waals surface area contributed by atoms with Crippen LogP contribution in [0.3, 0.4) is 0 Å². The standard InChI is InChI=1S/C14H12O5/c15-9-12(8-11-6-7-13(16)18-11)19-14(17)10-4-2-1-3-5-10/h1-8,12,15H,9H2/b11-8+/t12-/m1/s1. The highest BCUT2D eigenvalue weighted by molar-refractivity contribution is 5.89. The molecule has 2 rings (SSSR count).